The number of anilines is 1. The topological polar surface area (TPSA) is 32.3 Å². The lowest BCUT2D eigenvalue weighted by molar-refractivity contribution is 0.0381. The van der Waals surface area contributed by atoms with Crippen LogP contribution in [0.5, 0.6) is 0 Å². The molecule has 106 valence electrons. The lowest BCUT2D eigenvalue weighted by Crippen LogP contribution is -2.36. The van der Waals surface area contributed by atoms with Crippen molar-refractivity contribution >= 4 is 40.5 Å². The fourth-order valence-corrected chi connectivity index (χ4v) is 3.09. The number of hydrogen-bond donors (Lipinski definition) is 2. The number of aliphatic hydroxyl groups is 1. The zero-order valence-corrected chi connectivity index (χ0v) is 13.0. The predicted molar refractivity (Wildman–Crippen MR) is 82.6 cm³/mol. The van der Waals surface area contributed by atoms with Crippen LogP contribution >= 0.6 is 34.8 Å². The van der Waals surface area contributed by atoms with E-state index in [1.165, 1.54) is 12.8 Å². The van der Waals surface area contributed by atoms with Crippen LogP contribution in [0.3, 0.4) is 0 Å². The van der Waals surface area contributed by atoms with E-state index in [-0.39, 0.29) is 0 Å². The third-order valence-corrected chi connectivity index (χ3v) is 4.69. The third kappa shape index (κ3) is 4.16. The van der Waals surface area contributed by atoms with Crippen molar-refractivity contribution in [1.29, 1.82) is 0 Å². The maximum atomic E-state index is 10.6. The quantitative estimate of drug-likeness (QED) is 0.596. The summed E-state index contributed by atoms with van der Waals surface area (Å²) < 4.78 is 0. The molecule has 0 atom stereocenters. The Bertz CT molecular complexity index is 443. The molecule has 0 heterocycles. The van der Waals surface area contributed by atoms with Gasteiger partial charge in [0.2, 0.25) is 0 Å². The molecular weight excluding hydrogens is 305 g/mol. The van der Waals surface area contributed by atoms with Crippen molar-refractivity contribution in [2.24, 2.45) is 0 Å². The molecule has 1 aromatic carbocycles. The molecule has 1 aliphatic carbocycles. The molecule has 1 aliphatic rings. The summed E-state index contributed by atoms with van der Waals surface area (Å²) in [5.74, 6) is 0. The molecule has 1 fully saturated rings. The van der Waals surface area contributed by atoms with Crippen LogP contribution in [-0.2, 0) is 0 Å². The van der Waals surface area contributed by atoms with Crippen LogP contribution in [0.4, 0.5) is 5.69 Å². The molecule has 0 bridgehead atoms. The van der Waals surface area contributed by atoms with Gasteiger partial charge >= 0.3 is 0 Å². The summed E-state index contributed by atoms with van der Waals surface area (Å²) in [6.07, 6.45) is 6.23. The van der Waals surface area contributed by atoms with E-state index in [1.54, 1.807) is 12.1 Å². The lowest BCUT2D eigenvalue weighted by atomic mass is 9.94. The molecule has 2 rings (SSSR count). The van der Waals surface area contributed by atoms with Crippen LogP contribution < -0.4 is 5.32 Å². The maximum absolute atomic E-state index is 10.6. The minimum Gasteiger partial charge on any atom is -0.388 e. The van der Waals surface area contributed by atoms with Gasteiger partial charge in [-0.2, -0.15) is 0 Å². The summed E-state index contributed by atoms with van der Waals surface area (Å²) in [5.41, 5.74) is 0.0695. The van der Waals surface area contributed by atoms with Crippen molar-refractivity contribution in [2.75, 3.05) is 11.9 Å². The molecule has 1 saturated carbocycles. The highest BCUT2D eigenvalue weighted by molar-refractivity contribution is 6.44. The first-order valence-corrected chi connectivity index (χ1v) is 7.74. The fraction of sp³-hybridized carbons (Fsp3) is 0.571. The Labute approximate surface area is 129 Å². The third-order valence-electron chi connectivity index (χ3n) is 3.65. The van der Waals surface area contributed by atoms with Crippen molar-refractivity contribution in [3.8, 4) is 0 Å². The molecule has 0 saturated heterocycles. The van der Waals surface area contributed by atoms with Gasteiger partial charge in [-0.05, 0) is 25.0 Å². The van der Waals surface area contributed by atoms with E-state index < -0.39 is 5.60 Å². The first-order chi connectivity index (χ1) is 9.00. The minimum atomic E-state index is -0.647. The molecule has 19 heavy (non-hydrogen) atoms. The van der Waals surface area contributed by atoms with Gasteiger partial charge in [0.15, 0.2) is 0 Å². The van der Waals surface area contributed by atoms with E-state index in [1.807, 2.05) is 0 Å². The smallest absolute Gasteiger partial charge is 0.0819 e. The van der Waals surface area contributed by atoms with Crippen LogP contribution in [0, 0.1) is 0 Å². The van der Waals surface area contributed by atoms with Gasteiger partial charge in [-0.1, -0.05) is 60.5 Å². The van der Waals surface area contributed by atoms with Crippen LogP contribution in [0.15, 0.2) is 12.1 Å². The molecule has 2 N–H and O–H groups in total. The van der Waals surface area contributed by atoms with E-state index >= 15 is 0 Å². The Morgan fingerprint density at radius 2 is 1.53 bits per heavy atom. The highest BCUT2D eigenvalue weighted by Crippen LogP contribution is 2.33. The van der Waals surface area contributed by atoms with Crippen molar-refractivity contribution in [3.63, 3.8) is 0 Å². The average molecular weight is 323 g/mol. The lowest BCUT2D eigenvalue weighted by Gasteiger charge is -2.27. The Balaban J connectivity index is 2.03. The fourth-order valence-electron chi connectivity index (χ4n) is 2.48. The zero-order chi connectivity index (χ0) is 13.9. The Morgan fingerprint density at radius 1 is 0.947 bits per heavy atom. The maximum Gasteiger partial charge on any atom is 0.0819 e. The normalized spacial score (nSPS) is 18.9. The summed E-state index contributed by atoms with van der Waals surface area (Å²) in [7, 11) is 0. The largest absolute Gasteiger partial charge is 0.388 e. The van der Waals surface area contributed by atoms with Gasteiger partial charge in [0.25, 0.3) is 0 Å². The van der Waals surface area contributed by atoms with E-state index in [0.29, 0.717) is 27.3 Å². The molecule has 1 aromatic rings. The van der Waals surface area contributed by atoms with E-state index in [0.717, 1.165) is 25.7 Å². The first kappa shape index (κ1) is 15.2. The van der Waals surface area contributed by atoms with E-state index in [4.69, 9.17) is 34.8 Å². The van der Waals surface area contributed by atoms with Gasteiger partial charge < -0.3 is 10.4 Å². The summed E-state index contributed by atoms with van der Waals surface area (Å²) >= 11 is 18.0. The number of halogens is 3. The van der Waals surface area contributed by atoms with Gasteiger partial charge in [-0.15, -0.1) is 0 Å². The summed E-state index contributed by atoms with van der Waals surface area (Å²) in [5, 5.41) is 15.2. The van der Waals surface area contributed by atoms with Crippen LogP contribution in [0.25, 0.3) is 0 Å². The predicted octanol–water partition coefficient (Wildman–Crippen LogP) is 5.14. The van der Waals surface area contributed by atoms with Crippen molar-refractivity contribution in [1.82, 2.24) is 0 Å². The summed E-state index contributed by atoms with van der Waals surface area (Å²) in [4.78, 5) is 0. The SMILES string of the molecule is OC1(CNc2cc(Cl)c(Cl)cc2Cl)CCCCCC1. The molecule has 0 spiro atoms. The molecular formula is C14H18Cl3NO. The molecule has 0 amide bonds. The second-order valence-corrected chi connectivity index (χ2v) is 6.46. The summed E-state index contributed by atoms with van der Waals surface area (Å²) in [6.45, 7) is 0.491. The van der Waals surface area contributed by atoms with Gasteiger partial charge in [0.1, 0.15) is 0 Å². The standard InChI is InChI=1S/C14H18Cl3NO/c15-10-7-12(17)13(8-11(10)16)18-9-14(19)5-3-1-2-4-6-14/h7-8,18-19H,1-6,9H2. The molecule has 2 nitrogen and oxygen atoms in total. The van der Waals surface area contributed by atoms with Gasteiger partial charge in [0, 0.05) is 6.54 Å². The highest BCUT2D eigenvalue weighted by Gasteiger charge is 2.27. The van der Waals surface area contributed by atoms with Crippen LogP contribution in [0.2, 0.25) is 15.1 Å². The van der Waals surface area contributed by atoms with Crippen molar-refractivity contribution in [3.05, 3.63) is 27.2 Å². The van der Waals surface area contributed by atoms with Crippen LogP contribution in [0.1, 0.15) is 38.5 Å². The number of hydrogen-bond acceptors (Lipinski definition) is 2. The van der Waals surface area contributed by atoms with E-state index in [2.05, 4.69) is 5.32 Å². The van der Waals surface area contributed by atoms with Gasteiger partial charge in [-0.3, -0.25) is 0 Å². The zero-order valence-electron chi connectivity index (χ0n) is 10.7. The van der Waals surface area contributed by atoms with E-state index in [9.17, 15) is 5.11 Å². The van der Waals surface area contributed by atoms with Gasteiger partial charge in [0.05, 0.1) is 26.4 Å². The van der Waals surface area contributed by atoms with Crippen molar-refractivity contribution < 1.29 is 5.11 Å². The van der Waals surface area contributed by atoms with Gasteiger partial charge in [-0.25, -0.2) is 0 Å². The highest BCUT2D eigenvalue weighted by atomic mass is 35.5. The molecule has 0 radical (unpaired) electrons. The molecule has 5 heteroatoms. The number of rotatable bonds is 3. The molecule has 0 unspecified atom stereocenters. The number of benzene rings is 1. The molecule has 0 aromatic heterocycles. The second kappa shape index (κ2) is 6.53. The minimum absolute atomic E-state index is 0.436. The first-order valence-electron chi connectivity index (χ1n) is 6.61. The van der Waals surface area contributed by atoms with Crippen molar-refractivity contribution in [2.45, 2.75) is 44.1 Å². The Kier molecular flexibility index (Phi) is 5.24. The Morgan fingerprint density at radius 3 is 2.16 bits per heavy atom. The average Bonchev–Trinajstić information content (AvgIpc) is 2.58. The second-order valence-electron chi connectivity index (χ2n) is 5.24. The molecule has 0 aliphatic heterocycles. The van der Waals surface area contributed by atoms with Crippen LogP contribution in [-0.4, -0.2) is 17.3 Å². The summed E-state index contributed by atoms with van der Waals surface area (Å²) in [6, 6.07) is 3.32. The number of nitrogens with one attached hydrogen (secondary N) is 1. The monoisotopic (exact) mass is 321 g/mol. The Hall–Kier alpha value is -0.150.